The van der Waals surface area contributed by atoms with Gasteiger partial charge in [0.15, 0.2) is 5.76 Å². The van der Waals surface area contributed by atoms with Crippen molar-refractivity contribution in [2.45, 2.75) is 19.4 Å². The third-order valence-electron chi connectivity index (χ3n) is 3.88. The van der Waals surface area contributed by atoms with Crippen LogP contribution in [0, 0.1) is 10.1 Å². The van der Waals surface area contributed by atoms with Crippen molar-refractivity contribution >= 4 is 17.5 Å². The number of carbonyl (C=O) groups excluding carboxylic acids is 1. The summed E-state index contributed by atoms with van der Waals surface area (Å²) >= 11 is 0. The Hall–Kier alpha value is -3.16. The predicted molar refractivity (Wildman–Crippen MR) is 89.2 cm³/mol. The number of amides is 1. The predicted octanol–water partition coefficient (Wildman–Crippen LogP) is 3.00. The molecule has 8 nitrogen and oxygen atoms in total. The maximum absolute atomic E-state index is 12.3. The van der Waals surface area contributed by atoms with Gasteiger partial charge in [0, 0.05) is 25.9 Å². The lowest BCUT2D eigenvalue weighted by Crippen LogP contribution is -2.38. The number of hydrogen-bond acceptors (Lipinski definition) is 6. The van der Waals surface area contributed by atoms with Gasteiger partial charge in [-0.05, 0) is 11.6 Å². The van der Waals surface area contributed by atoms with Crippen molar-refractivity contribution in [3.05, 3.63) is 63.9 Å². The molecule has 1 aromatic heterocycles. The van der Waals surface area contributed by atoms with Gasteiger partial charge in [-0.3, -0.25) is 14.9 Å². The zero-order valence-corrected chi connectivity index (χ0v) is 13.5. The van der Waals surface area contributed by atoms with Crippen LogP contribution in [0.15, 0.2) is 52.0 Å². The molecule has 1 saturated heterocycles. The molecule has 0 spiro atoms. The molecule has 1 amide bonds. The van der Waals surface area contributed by atoms with E-state index in [1.165, 1.54) is 12.1 Å². The minimum Gasteiger partial charge on any atom is -0.395 e. The van der Waals surface area contributed by atoms with Gasteiger partial charge >= 0.3 is 5.88 Å². The van der Waals surface area contributed by atoms with E-state index < -0.39 is 10.8 Å². The number of rotatable bonds is 5. The lowest BCUT2D eigenvalue weighted by molar-refractivity contribution is -0.402. The van der Waals surface area contributed by atoms with Crippen LogP contribution >= 0.6 is 0 Å². The molecule has 1 fully saturated rings. The smallest absolute Gasteiger partial charge is 0.395 e. The van der Waals surface area contributed by atoms with Crippen LogP contribution in [-0.2, 0) is 11.4 Å². The maximum atomic E-state index is 12.3. The molecule has 25 heavy (non-hydrogen) atoms. The van der Waals surface area contributed by atoms with Crippen molar-refractivity contribution in [3.8, 4) is 0 Å². The second kappa shape index (κ2) is 7.61. The molecule has 0 radical (unpaired) electrons. The van der Waals surface area contributed by atoms with Crippen LogP contribution in [0.1, 0.15) is 29.0 Å². The van der Waals surface area contributed by atoms with E-state index in [1.807, 2.05) is 30.3 Å². The molecule has 8 heteroatoms. The third kappa shape index (κ3) is 4.23. The van der Waals surface area contributed by atoms with Gasteiger partial charge in [-0.15, -0.1) is 0 Å². The first-order valence-electron chi connectivity index (χ1n) is 7.88. The maximum Gasteiger partial charge on any atom is 0.433 e. The lowest BCUT2D eigenvalue weighted by atomic mass is 10.1. The number of hydrogen-bond donors (Lipinski definition) is 0. The monoisotopic (exact) mass is 343 g/mol. The summed E-state index contributed by atoms with van der Waals surface area (Å²) in [6.07, 6.45) is 1.20. The van der Waals surface area contributed by atoms with E-state index in [1.54, 1.807) is 4.90 Å². The van der Waals surface area contributed by atoms with E-state index in [0.717, 1.165) is 11.3 Å². The fourth-order valence-electron chi connectivity index (χ4n) is 2.53. The van der Waals surface area contributed by atoms with E-state index in [2.05, 4.69) is 5.16 Å². The zero-order chi connectivity index (χ0) is 17.6. The standard InChI is InChI=1S/C17H17N3O5/c21-17(15-6-7-16(25-15)20(22)23)19-10-8-14(9-11-19)18-24-12-13-4-2-1-3-5-13/h1-7H,8-12H2. The van der Waals surface area contributed by atoms with Gasteiger partial charge < -0.3 is 14.2 Å². The summed E-state index contributed by atoms with van der Waals surface area (Å²) in [5.41, 5.74) is 1.93. The molecule has 0 unspecified atom stereocenters. The summed E-state index contributed by atoms with van der Waals surface area (Å²) in [4.78, 5) is 29.2. The second-order valence-corrected chi connectivity index (χ2v) is 5.60. The van der Waals surface area contributed by atoms with Crippen LogP contribution in [0.2, 0.25) is 0 Å². The largest absolute Gasteiger partial charge is 0.433 e. The molecule has 3 rings (SSSR count). The average molecular weight is 343 g/mol. The Morgan fingerprint density at radius 2 is 1.92 bits per heavy atom. The highest BCUT2D eigenvalue weighted by atomic mass is 16.6. The van der Waals surface area contributed by atoms with Gasteiger partial charge in [0.2, 0.25) is 0 Å². The van der Waals surface area contributed by atoms with Gasteiger partial charge in [-0.25, -0.2) is 0 Å². The molecule has 0 saturated carbocycles. The van der Waals surface area contributed by atoms with E-state index in [-0.39, 0.29) is 11.7 Å². The molecular weight excluding hydrogens is 326 g/mol. The number of benzene rings is 1. The van der Waals surface area contributed by atoms with Crippen molar-refractivity contribution < 1.29 is 19.0 Å². The Morgan fingerprint density at radius 1 is 1.20 bits per heavy atom. The fourth-order valence-corrected chi connectivity index (χ4v) is 2.53. The van der Waals surface area contributed by atoms with E-state index in [9.17, 15) is 14.9 Å². The van der Waals surface area contributed by atoms with Gasteiger partial charge in [0.1, 0.15) is 11.5 Å². The first-order valence-corrected chi connectivity index (χ1v) is 7.88. The molecule has 0 bridgehead atoms. The van der Waals surface area contributed by atoms with Crippen molar-refractivity contribution in [1.29, 1.82) is 0 Å². The molecule has 130 valence electrons. The number of oxime groups is 1. The SMILES string of the molecule is O=C(c1ccc([N+](=O)[O-])o1)N1CCC(=NOCc2ccccc2)CC1. The Balaban J connectivity index is 1.50. The van der Waals surface area contributed by atoms with Crippen LogP contribution in [0.4, 0.5) is 5.88 Å². The van der Waals surface area contributed by atoms with Crippen LogP contribution in [-0.4, -0.2) is 34.5 Å². The number of nitro groups is 1. The Morgan fingerprint density at radius 3 is 2.56 bits per heavy atom. The molecule has 1 aliphatic heterocycles. The summed E-state index contributed by atoms with van der Waals surface area (Å²) in [7, 11) is 0. The summed E-state index contributed by atoms with van der Waals surface area (Å²) in [5, 5.41) is 14.8. The third-order valence-corrected chi connectivity index (χ3v) is 3.88. The molecule has 2 heterocycles. The van der Waals surface area contributed by atoms with Gasteiger partial charge in [-0.1, -0.05) is 35.5 Å². The van der Waals surface area contributed by atoms with Crippen LogP contribution in [0.3, 0.4) is 0 Å². The lowest BCUT2D eigenvalue weighted by Gasteiger charge is -2.26. The minimum absolute atomic E-state index is 0.0209. The van der Waals surface area contributed by atoms with E-state index in [4.69, 9.17) is 9.25 Å². The van der Waals surface area contributed by atoms with Crippen molar-refractivity contribution in [2.75, 3.05) is 13.1 Å². The summed E-state index contributed by atoms with van der Waals surface area (Å²) in [6, 6.07) is 12.3. The van der Waals surface area contributed by atoms with Crippen LogP contribution in [0.5, 0.6) is 0 Å². The average Bonchev–Trinajstić information content (AvgIpc) is 3.13. The Kier molecular flexibility index (Phi) is 5.08. The van der Waals surface area contributed by atoms with Gasteiger partial charge in [0.25, 0.3) is 5.91 Å². The normalized spacial score (nSPS) is 14.2. The highest BCUT2D eigenvalue weighted by molar-refractivity contribution is 5.94. The highest BCUT2D eigenvalue weighted by Gasteiger charge is 2.25. The first-order chi connectivity index (χ1) is 12.1. The molecule has 0 N–H and O–H groups in total. The Bertz CT molecular complexity index is 775. The van der Waals surface area contributed by atoms with E-state index in [0.29, 0.717) is 32.5 Å². The topological polar surface area (TPSA) is 98.2 Å². The van der Waals surface area contributed by atoms with Crippen molar-refractivity contribution in [2.24, 2.45) is 5.16 Å². The number of likely N-dealkylation sites (tertiary alicyclic amines) is 1. The number of furan rings is 1. The van der Waals surface area contributed by atoms with Crippen LogP contribution < -0.4 is 0 Å². The summed E-state index contributed by atoms with van der Waals surface area (Å²) in [6.45, 7) is 1.35. The Labute approximate surface area is 143 Å². The van der Waals surface area contributed by atoms with E-state index >= 15 is 0 Å². The van der Waals surface area contributed by atoms with Crippen molar-refractivity contribution in [3.63, 3.8) is 0 Å². The van der Waals surface area contributed by atoms with Gasteiger partial charge in [0.05, 0.1) is 11.8 Å². The number of piperidine rings is 1. The second-order valence-electron chi connectivity index (χ2n) is 5.60. The quantitative estimate of drug-likeness (QED) is 0.614. The minimum atomic E-state index is -0.665. The molecule has 0 aliphatic carbocycles. The zero-order valence-electron chi connectivity index (χ0n) is 13.5. The number of nitrogens with zero attached hydrogens (tertiary/aromatic N) is 3. The van der Waals surface area contributed by atoms with Crippen molar-refractivity contribution in [1.82, 2.24) is 4.90 Å². The summed E-state index contributed by atoms with van der Waals surface area (Å²) < 4.78 is 4.96. The molecule has 1 aliphatic rings. The van der Waals surface area contributed by atoms with Crippen LogP contribution in [0.25, 0.3) is 0 Å². The molecule has 0 atom stereocenters. The molecule has 2 aromatic rings. The van der Waals surface area contributed by atoms with Gasteiger partial charge in [-0.2, -0.15) is 0 Å². The fraction of sp³-hybridized carbons (Fsp3) is 0.294. The number of carbonyl (C=O) groups is 1. The summed E-state index contributed by atoms with van der Waals surface area (Å²) in [5.74, 6) is -0.804. The highest BCUT2D eigenvalue weighted by Crippen LogP contribution is 2.19. The first kappa shape index (κ1) is 16.7. The molecular formula is C17H17N3O5. The molecule has 1 aromatic carbocycles.